The number of hydrogen-bond donors (Lipinski definition) is 3. The average molecular weight is 300 g/mol. The highest BCUT2D eigenvalue weighted by atomic mass is 14.8. The number of allylic oxidation sites excluding steroid dienone is 2. The topological polar surface area (TPSA) is 74.3 Å². The van der Waals surface area contributed by atoms with Gasteiger partial charge in [0.1, 0.15) is 13.7 Å². The van der Waals surface area contributed by atoms with Gasteiger partial charge in [-0.2, -0.15) is 0 Å². The van der Waals surface area contributed by atoms with Crippen LogP contribution in [-0.2, 0) is 0 Å². The minimum absolute atomic E-state index is 0.0909. The fraction of sp³-hybridized carbons (Fsp3) is 0.529. The third-order valence-electron chi connectivity index (χ3n) is 3.22. The largest absolute Gasteiger partial charge is 0.383 e. The van der Waals surface area contributed by atoms with Crippen LogP contribution in [0.4, 0.5) is 0 Å². The van der Waals surface area contributed by atoms with E-state index in [-0.39, 0.29) is 11.4 Å². The van der Waals surface area contributed by atoms with Crippen LogP contribution >= 0.6 is 0 Å². The maximum Gasteiger partial charge on any atom is 0.141 e. The smallest absolute Gasteiger partial charge is 0.141 e. The van der Waals surface area contributed by atoms with E-state index in [1.54, 1.807) is 7.05 Å². The van der Waals surface area contributed by atoms with Crippen LogP contribution in [0, 0.1) is 11.3 Å². The van der Waals surface area contributed by atoms with Crippen molar-refractivity contribution in [2.45, 2.75) is 33.6 Å². The van der Waals surface area contributed by atoms with E-state index in [1.807, 2.05) is 6.92 Å². The van der Waals surface area contributed by atoms with Gasteiger partial charge in [0.25, 0.3) is 0 Å². The van der Waals surface area contributed by atoms with Crippen molar-refractivity contribution < 1.29 is 0 Å². The molecular weight excluding hydrogens is 271 g/mol. The summed E-state index contributed by atoms with van der Waals surface area (Å²) in [6.45, 7) is 16.2. The van der Waals surface area contributed by atoms with Gasteiger partial charge in [0.2, 0.25) is 0 Å². The normalized spacial score (nSPS) is 13.0. The molecule has 0 bridgehead atoms. The lowest BCUT2D eigenvalue weighted by atomic mass is 9.84. The van der Waals surface area contributed by atoms with Crippen LogP contribution in [0.15, 0.2) is 40.4 Å². The summed E-state index contributed by atoms with van der Waals surface area (Å²) < 4.78 is 0. The molecule has 0 aliphatic carbocycles. The first-order chi connectivity index (χ1) is 10.2. The Morgan fingerprint density at radius 2 is 1.95 bits per heavy atom. The second-order valence-corrected chi connectivity index (χ2v) is 5.93. The number of nitrogens with one attached hydrogen (secondary N) is 2. The molecule has 22 heavy (non-hydrogen) atoms. The van der Waals surface area contributed by atoms with Crippen LogP contribution in [0.25, 0.3) is 0 Å². The second kappa shape index (κ2) is 10.2. The molecule has 0 amide bonds. The monoisotopic (exact) mass is 300 g/mol. The maximum atomic E-state index is 7.74. The van der Waals surface area contributed by atoms with Crippen molar-refractivity contribution in [3.63, 3.8) is 0 Å². The molecule has 0 rings (SSSR count). The van der Waals surface area contributed by atoms with Crippen molar-refractivity contribution >= 4 is 19.3 Å². The molecule has 0 aliphatic heterocycles. The molecule has 0 aromatic rings. The summed E-state index contributed by atoms with van der Waals surface area (Å²) >= 11 is 0. The standard InChI is InChI=1S/C17H29BN4/c1-11(2)10-22-8-7-13(5)9-14(12(3)4)15(16(18)19)17(20)21-6/h11,19,22H,3,5,7-10H2,1-2,4,6H3,(H2,20,21)/b15-14-,19-16?. The Kier molecular flexibility index (Phi) is 9.42. The SMILES string of the molecule is [B]C(=N)/C(C(N)=NC)=C(\CC(=C)CCNCC(C)C)C(=C)C. The van der Waals surface area contributed by atoms with Crippen LogP contribution in [0.3, 0.4) is 0 Å². The molecule has 0 unspecified atom stereocenters. The summed E-state index contributed by atoms with van der Waals surface area (Å²) in [6, 6.07) is 0. The predicted molar refractivity (Wildman–Crippen MR) is 98.9 cm³/mol. The van der Waals surface area contributed by atoms with E-state index < -0.39 is 0 Å². The summed E-state index contributed by atoms with van der Waals surface area (Å²) in [6.07, 6.45) is 1.46. The molecule has 0 saturated heterocycles. The summed E-state index contributed by atoms with van der Waals surface area (Å²) in [7, 11) is 7.25. The Bertz CT molecular complexity index is 487. The fourth-order valence-electron chi connectivity index (χ4n) is 2.01. The van der Waals surface area contributed by atoms with Gasteiger partial charge in [-0.3, -0.25) is 4.99 Å². The van der Waals surface area contributed by atoms with Gasteiger partial charge in [-0.25, -0.2) is 0 Å². The Morgan fingerprint density at radius 1 is 1.36 bits per heavy atom. The molecule has 120 valence electrons. The molecule has 0 spiro atoms. The van der Waals surface area contributed by atoms with Crippen molar-refractivity contribution in [1.82, 2.24) is 5.32 Å². The summed E-state index contributed by atoms with van der Waals surface area (Å²) in [5.41, 5.74) is 8.97. The lowest BCUT2D eigenvalue weighted by Gasteiger charge is -2.17. The maximum absolute atomic E-state index is 7.74. The van der Waals surface area contributed by atoms with Gasteiger partial charge in [0.15, 0.2) is 0 Å². The Morgan fingerprint density at radius 3 is 2.36 bits per heavy atom. The van der Waals surface area contributed by atoms with E-state index in [0.29, 0.717) is 17.9 Å². The van der Waals surface area contributed by atoms with Crippen molar-refractivity contribution in [2.24, 2.45) is 16.6 Å². The van der Waals surface area contributed by atoms with E-state index in [2.05, 4.69) is 37.3 Å². The van der Waals surface area contributed by atoms with Gasteiger partial charge >= 0.3 is 0 Å². The minimum atomic E-state index is -0.0909. The number of amidine groups is 1. The lowest BCUT2D eigenvalue weighted by Crippen LogP contribution is -2.24. The first-order valence-corrected chi connectivity index (χ1v) is 7.54. The average Bonchev–Trinajstić information content (AvgIpc) is 2.41. The second-order valence-electron chi connectivity index (χ2n) is 5.93. The molecule has 0 heterocycles. The fourth-order valence-corrected chi connectivity index (χ4v) is 2.01. The molecule has 4 nitrogen and oxygen atoms in total. The molecule has 0 aliphatic rings. The third kappa shape index (κ3) is 7.41. The van der Waals surface area contributed by atoms with Gasteiger partial charge in [-0.1, -0.05) is 38.2 Å². The highest BCUT2D eigenvalue weighted by molar-refractivity contribution is 6.67. The quantitative estimate of drug-likeness (QED) is 0.145. The molecule has 0 saturated carbocycles. The number of hydrogen-bond acceptors (Lipinski definition) is 3. The van der Waals surface area contributed by atoms with Gasteiger partial charge in [0, 0.05) is 12.6 Å². The highest BCUT2D eigenvalue weighted by Crippen LogP contribution is 2.23. The van der Waals surface area contributed by atoms with Gasteiger partial charge in [0.05, 0.1) is 0 Å². The van der Waals surface area contributed by atoms with Crippen LogP contribution in [0.2, 0.25) is 0 Å². The minimum Gasteiger partial charge on any atom is -0.383 e. The third-order valence-corrected chi connectivity index (χ3v) is 3.22. The van der Waals surface area contributed by atoms with Crippen LogP contribution in [0.1, 0.15) is 33.6 Å². The number of aliphatic imine (C=N–C) groups is 1. The van der Waals surface area contributed by atoms with E-state index in [1.165, 1.54) is 0 Å². The summed E-state index contributed by atoms with van der Waals surface area (Å²) in [5.74, 6) is 0.889. The number of nitrogens with two attached hydrogens (primary N) is 1. The van der Waals surface area contributed by atoms with Crippen LogP contribution in [-0.4, -0.2) is 39.4 Å². The molecule has 0 aromatic carbocycles. The highest BCUT2D eigenvalue weighted by Gasteiger charge is 2.14. The lowest BCUT2D eigenvalue weighted by molar-refractivity contribution is 0.552. The van der Waals surface area contributed by atoms with Gasteiger partial charge in [-0.05, 0) is 50.0 Å². The van der Waals surface area contributed by atoms with Gasteiger partial charge in [-0.15, -0.1) is 0 Å². The van der Waals surface area contributed by atoms with Crippen molar-refractivity contribution in [2.75, 3.05) is 20.1 Å². The summed E-state index contributed by atoms with van der Waals surface area (Å²) in [4.78, 5) is 3.95. The zero-order valence-electron chi connectivity index (χ0n) is 14.4. The Balaban J connectivity index is 5.01. The Labute approximate surface area is 136 Å². The summed E-state index contributed by atoms with van der Waals surface area (Å²) in [5, 5.41) is 11.1. The predicted octanol–water partition coefficient (Wildman–Crippen LogP) is 2.57. The Hall–Kier alpha value is -1.62. The zero-order valence-corrected chi connectivity index (χ0v) is 14.4. The van der Waals surface area contributed by atoms with E-state index >= 15 is 0 Å². The van der Waals surface area contributed by atoms with Crippen molar-refractivity contribution in [3.05, 3.63) is 35.5 Å². The van der Waals surface area contributed by atoms with E-state index in [4.69, 9.17) is 19.0 Å². The molecule has 2 radical (unpaired) electrons. The van der Waals surface area contributed by atoms with Crippen LogP contribution < -0.4 is 11.1 Å². The van der Waals surface area contributed by atoms with E-state index in [0.717, 1.165) is 36.2 Å². The molecule has 4 N–H and O–H groups in total. The van der Waals surface area contributed by atoms with Gasteiger partial charge < -0.3 is 16.5 Å². The molecule has 0 atom stereocenters. The molecule has 0 fully saturated rings. The molecule has 5 heteroatoms. The number of nitrogens with zero attached hydrogens (tertiary/aromatic N) is 1. The number of rotatable bonds is 10. The van der Waals surface area contributed by atoms with Crippen molar-refractivity contribution in [1.29, 1.82) is 5.41 Å². The zero-order chi connectivity index (χ0) is 17.3. The van der Waals surface area contributed by atoms with Crippen molar-refractivity contribution in [3.8, 4) is 0 Å². The first-order valence-electron chi connectivity index (χ1n) is 7.54. The van der Waals surface area contributed by atoms with Crippen LogP contribution in [0.5, 0.6) is 0 Å². The first kappa shape index (κ1) is 20.4. The molecule has 0 aromatic heterocycles. The molecular formula is C17H29BN4. The van der Waals surface area contributed by atoms with E-state index in [9.17, 15) is 0 Å².